The Balaban J connectivity index is 1.56. The van der Waals surface area contributed by atoms with Gasteiger partial charge in [0.1, 0.15) is 12.4 Å². The number of fused-ring (bicyclic) bond motifs is 2. The van der Waals surface area contributed by atoms with Gasteiger partial charge >= 0.3 is 6.18 Å². The Morgan fingerprint density at radius 3 is 2.52 bits per heavy atom. The minimum atomic E-state index is -4.42. The lowest BCUT2D eigenvalue weighted by atomic mass is 9.98. The maximum atomic E-state index is 13.1. The smallest absolute Gasteiger partial charge is 0.416 e. The first-order valence-electron chi connectivity index (χ1n) is 10.3. The molecule has 0 atom stereocenters. The zero-order chi connectivity index (χ0) is 23.0. The maximum Gasteiger partial charge on any atom is 0.416 e. The van der Waals surface area contributed by atoms with Gasteiger partial charge in [-0.3, -0.25) is 4.79 Å². The average molecular weight is 445 g/mol. The van der Waals surface area contributed by atoms with Crippen molar-refractivity contribution >= 4 is 34.0 Å². The maximum absolute atomic E-state index is 13.1. The summed E-state index contributed by atoms with van der Waals surface area (Å²) in [5.74, 6) is 0.267. The van der Waals surface area contributed by atoms with Crippen LogP contribution < -0.4 is 10.1 Å². The minimum absolute atomic E-state index is 0.0405. The quantitative estimate of drug-likeness (QED) is 0.346. The van der Waals surface area contributed by atoms with E-state index in [1.54, 1.807) is 18.2 Å². The first-order valence-corrected chi connectivity index (χ1v) is 10.3. The third-order valence-electron chi connectivity index (χ3n) is 5.58. The number of anilines is 1. The van der Waals surface area contributed by atoms with Crippen molar-refractivity contribution in [3.8, 4) is 5.75 Å². The molecule has 1 amide bonds. The molecule has 5 rings (SSSR count). The molecule has 4 aromatic rings. The number of nitrogens with one attached hydrogen (secondary N) is 1. The van der Waals surface area contributed by atoms with Crippen molar-refractivity contribution in [1.29, 1.82) is 0 Å². The molecule has 0 saturated carbocycles. The summed E-state index contributed by atoms with van der Waals surface area (Å²) < 4.78 is 45.2. The molecule has 33 heavy (non-hydrogen) atoms. The summed E-state index contributed by atoms with van der Waals surface area (Å²) in [5, 5.41) is 4.70. The van der Waals surface area contributed by atoms with Crippen molar-refractivity contribution in [3.63, 3.8) is 0 Å². The Morgan fingerprint density at radius 2 is 1.67 bits per heavy atom. The number of para-hydroxylation sites is 1. The van der Waals surface area contributed by atoms with Crippen LogP contribution in [0, 0.1) is 0 Å². The van der Waals surface area contributed by atoms with Gasteiger partial charge in [0.15, 0.2) is 0 Å². The van der Waals surface area contributed by atoms with Crippen LogP contribution in [-0.2, 0) is 17.6 Å². The summed E-state index contributed by atoms with van der Waals surface area (Å²) in [7, 11) is 0. The standard InChI is InChI=1S/C27H18F3NO2/c28-27(29,30)19-8-5-6-17(14-19)16-33-25-13-12-18-7-1-2-9-20(18)22(25)15-23-21-10-3-4-11-24(21)31-26(23)32/h1-15H,16H2,(H,31,32). The van der Waals surface area contributed by atoms with Gasteiger partial charge in [0, 0.05) is 22.4 Å². The largest absolute Gasteiger partial charge is 0.488 e. The predicted molar refractivity (Wildman–Crippen MR) is 123 cm³/mol. The Bertz CT molecular complexity index is 1410. The van der Waals surface area contributed by atoms with Crippen LogP contribution in [0.5, 0.6) is 5.75 Å². The van der Waals surface area contributed by atoms with E-state index >= 15 is 0 Å². The monoisotopic (exact) mass is 445 g/mol. The van der Waals surface area contributed by atoms with Crippen LogP contribution in [0.15, 0.2) is 84.9 Å². The Labute approximate surface area is 188 Å². The second kappa shape index (κ2) is 8.13. The van der Waals surface area contributed by atoms with Gasteiger partial charge in [0.05, 0.1) is 5.56 Å². The normalized spacial score (nSPS) is 14.4. The fourth-order valence-corrected chi connectivity index (χ4v) is 3.98. The highest BCUT2D eigenvalue weighted by Crippen LogP contribution is 2.37. The fraction of sp³-hybridized carbons (Fsp3) is 0.0741. The predicted octanol–water partition coefficient (Wildman–Crippen LogP) is 6.93. The Kier molecular flexibility index (Phi) is 5.13. The van der Waals surface area contributed by atoms with Crippen molar-refractivity contribution in [1.82, 2.24) is 0 Å². The summed E-state index contributed by atoms with van der Waals surface area (Å²) in [6.07, 6.45) is -2.64. The van der Waals surface area contributed by atoms with Gasteiger partial charge in [-0.05, 0) is 46.7 Å². The number of alkyl halides is 3. The van der Waals surface area contributed by atoms with Crippen molar-refractivity contribution in [2.24, 2.45) is 0 Å². The van der Waals surface area contributed by atoms with Crippen LogP contribution in [0.4, 0.5) is 18.9 Å². The molecule has 0 fully saturated rings. The number of carbonyl (C=O) groups is 1. The molecule has 4 aromatic carbocycles. The first-order chi connectivity index (χ1) is 15.9. The van der Waals surface area contributed by atoms with Crippen LogP contribution >= 0.6 is 0 Å². The van der Waals surface area contributed by atoms with E-state index in [9.17, 15) is 18.0 Å². The minimum Gasteiger partial charge on any atom is -0.488 e. The van der Waals surface area contributed by atoms with E-state index in [0.717, 1.165) is 34.2 Å². The van der Waals surface area contributed by atoms with E-state index in [0.29, 0.717) is 22.4 Å². The molecule has 3 nitrogen and oxygen atoms in total. The number of amides is 1. The second-order valence-electron chi connectivity index (χ2n) is 7.74. The van der Waals surface area contributed by atoms with Crippen LogP contribution in [0.2, 0.25) is 0 Å². The van der Waals surface area contributed by atoms with Gasteiger partial charge in [0.2, 0.25) is 0 Å². The molecule has 1 aliphatic rings. The number of carbonyl (C=O) groups excluding carboxylic acids is 1. The molecule has 1 heterocycles. The summed E-state index contributed by atoms with van der Waals surface area (Å²) in [5.41, 5.74) is 2.41. The van der Waals surface area contributed by atoms with E-state index in [-0.39, 0.29) is 12.5 Å². The number of rotatable bonds is 4. The van der Waals surface area contributed by atoms with Crippen molar-refractivity contribution in [2.75, 3.05) is 5.32 Å². The molecule has 0 saturated heterocycles. The van der Waals surface area contributed by atoms with Crippen LogP contribution in [0.25, 0.3) is 22.4 Å². The van der Waals surface area contributed by atoms with Crippen LogP contribution in [-0.4, -0.2) is 5.91 Å². The van der Waals surface area contributed by atoms with Gasteiger partial charge in [-0.1, -0.05) is 60.7 Å². The first kappa shape index (κ1) is 20.8. The van der Waals surface area contributed by atoms with Crippen LogP contribution in [0.1, 0.15) is 22.3 Å². The molecule has 0 radical (unpaired) electrons. The molecule has 6 heteroatoms. The summed E-state index contributed by atoms with van der Waals surface area (Å²) in [6.45, 7) is -0.0405. The number of hydrogen-bond acceptors (Lipinski definition) is 2. The Morgan fingerprint density at radius 1 is 0.879 bits per heavy atom. The average Bonchev–Trinajstić information content (AvgIpc) is 3.13. The van der Waals surface area contributed by atoms with Gasteiger partial charge in [-0.25, -0.2) is 0 Å². The highest BCUT2D eigenvalue weighted by molar-refractivity contribution is 6.35. The molecule has 0 spiro atoms. The van der Waals surface area contributed by atoms with Crippen LogP contribution in [0.3, 0.4) is 0 Å². The fourth-order valence-electron chi connectivity index (χ4n) is 3.98. The molecule has 0 bridgehead atoms. The molecule has 164 valence electrons. The second-order valence-corrected chi connectivity index (χ2v) is 7.74. The van der Waals surface area contributed by atoms with E-state index < -0.39 is 11.7 Å². The van der Waals surface area contributed by atoms with Gasteiger partial charge in [0.25, 0.3) is 5.91 Å². The summed E-state index contributed by atoms with van der Waals surface area (Å²) >= 11 is 0. The number of ether oxygens (including phenoxy) is 1. The zero-order valence-corrected chi connectivity index (χ0v) is 17.3. The summed E-state index contributed by atoms with van der Waals surface area (Å²) in [6, 6.07) is 23.9. The zero-order valence-electron chi connectivity index (χ0n) is 17.3. The SMILES string of the molecule is O=C1Nc2ccccc2C1=Cc1c(OCc2cccc(C(F)(F)F)c2)ccc2ccccc12. The Hall–Kier alpha value is -4.06. The molecular formula is C27H18F3NO2. The number of benzene rings is 4. The molecule has 1 N–H and O–H groups in total. The molecule has 0 aliphatic carbocycles. The number of halogens is 3. The summed E-state index contributed by atoms with van der Waals surface area (Å²) in [4.78, 5) is 12.7. The van der Waals surface area contributed by atoms with E-state index in [1.807, 2.05) is 54.6 Å². The molecular weight excluding hydrogens is 427 g/mol. The van der Waals surface area contributed by atoms with E-state index in [2.05, 4.69) is 5.32 Å². The van der Waals surface area contributed by atoms with Gasteiger partial charge < -0.3 is 10.1 Å². The lowest BCUT2D eigenvalue weighted by Gasteiger charge is -2.14. The van der Waals surface area contributed by atoms with Gasteiger partial charge in [-0.2, -0.15) is 13.2 Å². The molecule has 1 aliphatic heterocycles. The lowest BCUT2D eigenvalue weighted by Crippen LogP contribution is -2.06. The van der Waals surface area contributed by atoms with Crippen molar-refractivity contribution in [2.45, 2.75) is 12.8 Å². The number of hydrogen-bond donors (Lipinski definition) is 1. The van der Waals surface area contributed by atoms with Crippen molar-refractivity contribution in [3.05, 3.63) is 107 Å². The van der Waals surface area contributed by atoms with E-state index in [4.69, 9.17) is 4.74 Å². The third-order valence-corrected chi connectivity index (χ3v) is 5.58. The lowest BCUT2D eigenvalue weighted by molar-refractivity contribution is -0.137. The highest BCUT2D eigenvalue weighted by atomic mass is 19.4. The highest BCUT2D eigenvalue weighted by Gasteiger charge is 2.30. The third kappa shape index (κ3) is 4.07. The molecule has 0 aromatic heterocycles. The molecule has 0 unspecified atom stereocenters. The topological polar surface area (TPSA) is 38.3 Å². The van der Waals surface area contributed by atoms with E-state index in [1.165, 1.54) is 6.07 Å². The van der Waals surface area contributed by atoms with Gasteiger partial charge in [-0.15, -0.1) is 0 Å². The van der Waals surface area contributed by atoms with Crippen molar-refractivity contribution < 1.29 is 22.7 Å².